The van der Waals surface area contributed by atoms with Gasteiger partial charge in [0.25, 0.3) is 6.71 Å². The molecule has 0 saturated heterocycles. The molecule has 0 N–H and O–H groups in total. The van der Waals surface area contributed by atoms with Gasteiger partial charge in [-0.05, 0) is 216 Å². The highest BCUT2D eigenvalue weighted by molar-refractivity contribution is 7.20. The molecule has 68 heavy (non-hydrogen) atoms. The Hall–Kier alpha value is -3.76. The lowest BCUT2D eigenvalue weighted by molar-refractivity contribution is 0.332. The number of thiophene rings is 1. The summed E-state index contributed by atoms with van der Waals surface area (Å²) in [6.45, 7) is 45.3. The van der Waals surface area contributed by atoms with E-state index < -0.39 is 0 Å². The van der Waals surface area contributed by atoms with Crippen molar-refractivity contribution in [1.82, 2.24) is 0 Å². The van der Waals surface area contributed by atoms with Crippen molar-refractivity contribution in [3.05, 3.63) is 110 Å². The molecule has 0 spiro atoms. The van der Waals surface area contributed by atoms with Crippen molar-refractivity contribution in [2.45, 2.75) is 231 Å². The second-order valence-corrected chi connectivity index (χ2v) is 30.3. The Bertz CT molecular complexity index is 3050. The van der Waals surface area contributed by atoms with E-state index >= 15 is 0 Å². The summed E-state index contributed by atoms with van der Waals surface area (Å²) in [7, 11) is 0. The molecule has 2 aliphatic heterocycles. The Kier molecular flexibility index (Phi) is 8.94. The molecule has 0 radical (unpaired) electrons. The SMILES string of the molecule is Cc1cc2c(cc1N1c3cc(C(C)(C)C)cc4c3B(c3cc5c(cc3N4c3ccc4c(c3)C(C)(C)CCC4(C)C)C3(C)CCC5(C)C3)c3c1sc1c3C(C)(C)CCC1(C)C)C(C)(C)CCC2(C)C. The largest absolute Gasteiger partial charge is 0.311 e. The number of benzene rings is 4. The lowest BCUT2D eigenvalue weighted by Gasteiger charge is -2.48. The summed E-state index contributed by atoms with van der Waals surface area (Å²) in [5, 5.41) is 1.47. The molecule has 7 aliphatic rings. The summed E-state index contributed by atoms with van der Waals surface area (Å²) in [6, 6.07) is 23.9. The van der Waals surface area contributed by atoms with E-state index in [1.165, 1.54) is 124 Å². The van der Waals surface area contributed by atoms with Gasteiger partial charge in [0.15, 0.2) is 0 Å². The van der Waals surface area contributed by atoms with Gasteiger partial charge in [-0.1, -0.05) is 136 Å². The fourth-order valence-electron chi connectivity index (χ4n) is 15.6. The normalized spacial score (nSPS) is 26.6. The van der Waals surface area contributed by atoms with E-state index in [0.717, 1.165) is 0 Å². The lowest BCUT2D eigenvalue weighted by atomic mass is 9.32. The number of hydrogen-bond donors (Lipinski definition) is 0. The third-order valence-corrected chi connectivity index (χ3v) is 21.9. The molecule has 2 bridgehead atoms. The van der Waals surface area contributed by atoms with Crippen molar-refractivity contribution in [3.8, 4) is 0 Å². The van der Waals surface area contributed by atoms with Crippen molar-refractivity contribution in [3.63, 3.8) is 0 Å². The second kappa shape index (κ2) is 13.4. The lowest BCUT2D eigenvalue weighted by Crippen LogP contribution is -2.63. The summed E-state index contributed by atoms with van der Waals surface area (Å²) in [5.41, 5.74) is 26.4. The van der Waals surface area contributed by atoms with E-state index in [9.17, 15) is 0 Å². The van der Waals surface area contributed by atoms with Crippen LogP contribution in [-0.2, 0) is 48.7 Å². The van der Waals surface area contributed by atoms with Gasteiger partial charge in [-0.15, -0.1) is 11.3 Å². The Morgan fingerprint density at radius 2 is 0.971 bits per heavy atom. The van der Waals surface area contributed by atoms with E-state index in [4.69, 9.17) is 0 Å². The Morgan fingerprint density at radius 3 is 1.57 bits per heavy atom. The summed E-state index contributed by atoms with van der Waals surface area (Å²) < 4.78 is 0. The van der Waals surface area contributed by atoms with Crippen LogP contribution >= 0.6 is 11.3 Å². The van der Waals surface area contributed by atoms with Crippen LogP contribution < -0.4 is 26.2 Å². The average molecular weight is 921 g/mol. The van der Waals surface area contributed by atoms with Crippen molar-refractivity contribution in [2.24, 2.45) is 0 Å². The minimum atomic E-state index is -0.0739. The Labute approximate surface area is 416 Å². The first-order valence-electron chi connectivity index (χ1n) is 26.9. The van der Waals surface area contributed by atoms with Crippen LogP contribution in [0.3, 0.4) is 0 Å². The molecule has 5 aliphatic carbocycles. The van der Waals surface area contributed by atoms with Gasteiger partial charge in [-0.3, -0.25) is 0 Å². The van der Waals surface area contributed by atoms with Gasteiger partial charge >= 0.3 is 0 Å². The van der Waals surface area contributed by atoms with Crippen LogP contribution in [-0.4, -0.2) is 6.71 Å². The van der Waals surface area contributed by atoms with Crippen LogP contribution in [0.4, 0.5) is 33.4 Å². The molecule has 12 rings (SSSR count). The van der Waals surface area contributed by atoms with Crippen LogP contribution in [0.15, 0.2) is 54.6 Å². The van der Waals surface area contributed by atoms with Crippen LogP contribution in [0.5, 0.6) is 0 Å². The number of nitrogens with zero attached hydrogens (tertiary/aromatic N) is 2. The number of rotatable bonds is 2. The highest BCUT2D eigenvalue weighted by Crippen LogP contribution is 2.63. The zero-order valence-electron chi connectivity index (χ0n) is 45.4. The summed E-state index contributed by atoms with van der Waals surface area (Å²) in [5.74, 6) is 0. The Balaban J connectivity index is 1.24. The second-order valence-electron chi connectivity index (χ2n) is 29.3. The van der Waals surface area contributed by atoms with Crippen molar-refractivity contribution in [2.75, 3.05) is 9.80 Å². The minimum Gasteiger partial charge on any atom is -0.311 e. The van der Waals surface area contributed by atoms with Gasteiger partial charge in [-0.2, -0.15) is 0 Å². The fourth-order valence-corrected chi connectivity index (χ4v) is 17.2. The van der Waals surface area contributed by atoms with Crippen LogP contribution in [0.1, 0.15) is 230 Å². The first-order valence-corrected chi connectivity index (χ1v) is 27.7. The maximum absolute atomic E-state index is 2.85. The summed E-state index contributed by atoms with van der Waals surface area (Å²) >= 11 is 2.16. The van der Waals surface area contributed by atoms with Gasteiger partial charge in [0.1, 0.15) is 0 Å². The van der Waals surface area contributed by atoms with Gasteiger partial charge in [-0.25, -0.2) is 0 Å². The molecule has 1 saturated carbocycles. The summed E-state index contributed by atoms with van der Waals surface area (Å²) in [6.07, 6.45) is 11.1. The molecular weight excluding hydrogens is 840 g/mol. The highest BCUT2D eigenvalue weighted by atomic mass is 32.1. The van der Waals surface area contributed by atoms with Gasteiger partial charge in [0.2, 0.25) is 0 Å². The molecular formula is C64H81BN2S. The standard InChI is InChI=1S/C64H81BN2S/c1-37-29-41-43(60(11,12)24-23-58(41,7)8)34-47(37)67-50-31-38(56(2,3)4)30-49-52(50)65(53-51-54(68-55(53)67)62(15,16)26-25-61(51,13)14)46-33-44-45(64(18)28-27-63(44,17)36-64)35-48(46)66(49)39-19-20-40-42(32-39)59(9,10)22-21-57(40,5)6/h19-20,29-35H,21-28,36H2,1-18H3. The number of anilines is 6. The monoisotopic (exact) mass is 921 g/mol. The first kappa shape index (κ1) is 45.4. The van der Waals surface area contributed by atoms with Crippen molar-refractivity contribution in [1.29, 1.82) is 0 Å². The van der Waals surface area contributed by atoms with Crippen LogP contribution in [0, 0.1) is 6.92 Å². The van der Waals surface area contributed by atoms with E-state index in [0.29, 0.717) is 0 Å². The molecule has 4 aromatic carbocycles. The molecule has 2 atom stereocenters. The first-order chi connectivity index (χ1) is 31.4. The summed E-state index contributed by atoms with van der Waals surface area (Å²) in [4.78, 5) is 7.27. The molecule has 1 fully saturated rings. The van der Waals surface area contributed by atoms with E-state index in [1.807, 2.05) is 0 Å². The number of hydrogen-bond acceptors (Lipinski definition) is 3. The highest BCUT2D eigenvalue weighted by Gasteiger charge is 2.57. The fraction of sp³-hybridized carbons (Fsp3) is 0.562. The molecule has 1 aromatic heterocycles. The number of fused-ring (bicyclic) bond motifs is 13. The van der Waals surface area contributed by atoms with E-state index in [2.05, 4.69) is 200 Å². The Morgan fingerprint density at radius 1 is 0.471 bits per heavy atom. The molecule has 2 nitrogen and oxygen atoms in total. The molecule has 356 valence electrons. The smallest absolute Gasteiger partial charge is 0.253 e. The maximum atomic E-state index is 2.85. The van der Waals surface area contributed by atoms with Gasteiger partial charge in [0, 0.05) is 27.6 Å². The zero-order valence-corrected chi connectivity index (χ0v) is 46.3. The molecule has 4 heteroatoms. The molecule has 3 heterocycles. The molecule has 0 amide bonds. The van der Waals surface area contributed by atoms with Gasteiger partial charge in [0.05, 0.1) is 10.7 Å². The average Bonchev–Trinajstić information content (AvgIpc) is 3.88. The van der Waals surface area contributed by atoms with E-state index in [-0.39, 0.29) is 55.4 Å². The van der Waals surface area contributed by atoms with Crippen LogP contribution in [0.25, 0.3) is 0 Å². The minimum absolute atomic E-state index is 0.0456. The zero-order chi connectivity index (χ0) is 48.6. The number of aryl methyl sites for hydroxylation is 1. The molecule has 2 unspecified atom stereocenters. The van der Waals surface area contributed by atoms with Crippen LogP contribution in [0.2, 0.25) is 0 Å². The topological polar surface area (TPSA) is 6.48 Å². The predicted octanol–water partition coefficient (Wildman–Crippen LogP) is 16.2. The quantitative estimate of drug-likeness (QED) is 0.159. The van der Waals surface area contributed by atoms with Gasteiger partial charge < -0.3 is 9.80 Å². The van der Waals surface area contributed by atoms with Crippen molar-refractivity contribution >= 4 is 67.9 Å². The van der Waals surface area contributed by atoms with E-state index in [1.54, 1.807) is 38.2 Å². The predicted molar refractivity (Wildman–Crippen MR) is 296 cm³/mol. The third kappa shape index (κ3) is 6.00. The maximum Gasteiger partial charge on any atom is 0.253 e. The van der Waals surface area contributed by atoms with Crippen molar-refractivity contribution < 1.29 is 0 Å². The molecule has 5 aromatic rings. The third-order valence-electron chi connectivity index (χ3n) is 20.4.